The van der Waals surface area contributed by atoms with Crippen molar-refractivity contribution in [2.45, 2.75) is 12.5 Å². The SMILES string of the molecule is Nc1ccc(C2=NN(C(=O)c3ccco3)C(c3c(F)cccc3Cl)C2)cc1. The number of nitrogen functional groups attached to an aromatic ring is 1. The highest BCUT2D eigenvalue weighted by molar-refractivity contribution is 6.31. The molecule has 7 heteroatoms. The number of amides is 1. The molecule has 27 heavy (non-hydrogen) atoms. The van der Waals surface area contributed by atoms with Crippen LogP contribution in [-0.4, -0.2) is 16.6 Å². The standard InChI is InChI=1S/C20H15ClFN3O2/c21-14-3-1-4-15(22)19(14)17-11-16(12-6-8-13(23)9-7-12)24-25(17)20(26)18-5-2-10-27-18/h1-10,17H,11,23H2. The Morgan fingerprint density at radius 2 is 1.96 bits per heavy atom. The minimum Gasteiger partial charge on any atom is -0.459 e. The number of benzene rings is 2. The Kier molecular flexibility index (Phi) is 4.41. The van der Waals surface area contributed by atoms with E-state index in [-0.39, 0.29) is 16.3 Å². The van der Waals surface area contributed by atoms with Gasteiger partial charge in [-0.15, -0.1) is 0 Å². The third-order valence-corrected chi connectivity index (χ3v) is 4.76. The molecule has 2 heterocycles. The lowest BCUT2D eigenvalue weighted by atomic mass is 9.97. The van der Waals surface area contributed by atoms with E-state index in [2.05, 4.69) is 5.10 Å². The maximum absolute atomic E-state index is 14.6. The Hall–Kier alpha value is -3.12. The first-order valence-electron chi connectivity index (χ1n) is 8.29. The zero-order valence-electron chi connectivity index (χ0n) is 14.1. The zero-order valence-corrected chi connectivity index (χ0v) is 14.9. The number of rotatable bonds is 3. The van der Waals surface area contributed by atoms with Crippen molar-refractivity contribution < 1.29 is 13.6 Å². The Morgan fingerprint density at radius 1 is 1.19 bits per heavy atom. The monoisotopic (exact) mass is 383 g/mol. The van der Waals surface area contributed by atoms with Crippen LogP contribution in [0.25, 0.3) is 0 Å². The topological polar surface area (TPSA) is 71.8 Å². The number of halogens is 2. The van der Waals surface area contributed by atoms with Gasteiger partial charge in [0.2, 0.25) is 0 Å². The summed E-state index contributed by atoms with van der Waals surface area (Å²) in [4.78, 5) is 12.9. The number of carbonyl (C=O) groups excluding carboxylic acids is 1. The predicted molar refractivity (Wildman–Crippen MR) is 101 cm³/mol. The summed E-state index contributed by atoms with van der Waals surface area (Å²) in [6.45, 7) is 0. The van der Waals surface area contributed by atoms with Crippen molar-refractivity contribution in [3.8, 4) is 0 Å². The molecule has 3 aromatic rings. The number of nitrogens with zero attached hydrogens (tertiary/aromatic N) is 2. The van der Waals surface area contributed by atoms with Crippen molar-refractivity contribution in [3.05, 3.63) is 88.6 Å². The summed E-state index contributed by atoms with van der Waals surface area (Å²) in [6.07, 6.45) is 1.72. The quantitative estimate of drug-likeness (QED) is 0.669. The van der Waals surface area contributed by atoms with E-state index in [0.717, 1.165) is 5.56 Å². The number of anilines is 1. The van der Waals surface area contributed by atoms with Crippen molar-refractivity contribution in [1.29, 1.82) is 0 Å². The first-order valence-corrected chi connectivity index (χ1v) is 8.67. The Balaban J connectivity index is 1.78. The van der Waals surface area contributed by atoms with Gasteiger partial charge in [-0.1, -0.05) is 29.8 Å². The average molecular weight is 384 g/mol. The number of hydrogen-bond donors (Lipinski definition) is 1. The van der Waals surface area contributed by atoms with E-state index in [9.17, 15) is 9.18 Å². The van der Waals surface area contributed by atoms with E-state index in [1.54, 1.807) is 30.3 Å². The Labute approximate surface area is 159 Å². The van der Waals surface area contributed by atoms with Gasteiger partial charge in [-0.25, -0.2) is 9.40 Å². The summed E-state index contributed by atoms with van der Waals surface area (Å²) in [5.74, 6) is -0.831. The van der Waals surface area contributed by atoms with Crippen LogP contribution in [0.4, 0.5) is 10.1 Å². The van der Waals surface area contributed by atoms with E-state index in [4.69, 9.17) is 21.8 Å². The molecule has 0 fully saturated rings. The highest BCUT2D eigenvalue weighted by Crippen LogP contribution is 2.38. The molecule has 5 nitrogen and oxygen atoms in total. The molecule has 2 N–H and O–H groups in total. The van der Waals surface area contributed by atoms with E-state index < -0.39 is 17.8 Å². The van der Waals surface area contributed by atoms with Crippen LogP contribution in [0.1, 0.15) is 34.1 Å². The van der Waals surface area contributed by atoms with Gasteiger partial charge in [0.25, 0.3) is 0 Å². The second-order valence-corrected chi connectivity index (χ2v) is 6.56. The summed E-state index contributed by atoms with van der Waals surface area (Å²) < 4.78 is 19.8. The van der Waals surface area contributed by atoms with Crippen LogP contribution in [0.15, 0.2) is 70.4 Å². The van der Waals surface area contributed by atoms with Gasteiger partial charge in [-0.3, -0.25) is 4.79 Å². The number of carbonyl (C=O) groups is 1. The molecular formula is C20H15ClFN3O2. The molecule has 1 aliphatic rings. The minimum atomic E-state index is -0.677. The van der Waals surface area contributed by atoms with Crippen molar-refractivity contribution in [2.75, 3.05) is 5.73 Å². The van der Waals surface area contributed by atoms with E-state index >= 15 is 0 Å². The lowest BCUT2D eigenvalue weighted by molar-refractivity contribution is 0.0676. The fraction of sp³-hybridized carbons (Fsp3) is 0.100. The summed E-state index contributed by atoms with van der Waals surface area (Å²) >= 11 is 6.25. The van der Waals surface area contributed by atoms with Crippen molar-refractivity contribution in [3.63, 3.8) is 0 Å². The predicted octanol–water partition coefficient (Wildman–Crippen LogP) is 4.65. The van der Waals surface area contributed by atoms with Crippen LogP contribution >= 0.6 is 11.6 Å². The summed E-state index contributed by atoms with van der Waals surface area (Å²) in [5.41, 5.74) is 8.03. The maximum Gasteiger partial charge on any atom is 0.310 e. The Bertz CT molecular complexity index is 996. The number of hydrogen-bond acceptors (Lipinski definition) is 4. The largest absolute Gasteiger partial charge is 0.459 e. The first-order chi connectivity index (χ1) is 13.0. The van der Waals surface area contributed by atoms with Gasteiger partial charge in [-0.2, -0.15) is 5.10 Å². The Morgan fingerprint density at radius 3 is 2.63 bits per heavy atom. The maximum atomic E-state index is 14.6. The molecule has 1 amide bonds. The highest BCUT2D eigenvalue weighted by atomic mass is 35.5. The van der Waals surface area contributed by atoms with Gasteiger partial charge < -0.3 is 10.2 Å². The molecule has 0 radical (unpaired) electrons. The number of hydrazone groups is 1. The van der Waals surface area contributed by atoms with Gasteiger partial charge in [-0.05, 0) is 42.0 Å². The van der Waals surface area contributed by atoms with E-state index in [0.29, 0.717) is 17.8 Å². The van der Waals surface area contributed by atoms with Gasteiger partial charge in [0.05, 0.1) is 18.0 Å². The smallest absolute Gasteiger partial charge is 0.310 e. The molecule has 4 rings (SSSR count). The molecule has 0 saturated carbocycles. The summed E-state index contributed by atoms with van der Waals surface area (Å²) in [5, 5.41) is 5.93. The third-order valence-electron chi connectivity index (χ3n) is 4.43. The van der Waals surface area contributed by atoms with Gasteiger partial charge in [0, 0.05) is 22.7 Å². The normalized spacial score (nSPS) is 16.4. The van der Waals surface area contributed by atoms with Gasteiger partial charge in [0.1, 0.15) is 5.82 Å². The second-order valence-electron chi connectivity index (χ2n) is 6.15. The average Bonchev–Trinajstić information content (AvgIpc) is 3.32. The molecule has 1 atom stereocenters. The van der Waals surface area contributed by atoms with E-state index in [1.807, 2.05) is 12.1 Å². The zero-order chi connectivity index (χ0) is 19.0. The summed E-state index contributed by atoms with van der Waals surface area (Å²) in [7, 11) is 0. The summed E-state index contributed by atoms with van der Waals surface area (Å²) in [6, 6.07) is 14.0. The van der Waals surface area contributed by atoms with Crippen LogP contribution < -0.4 is 5.73 Å². The van der Waals surface area contributed by atoms with Crippen LogP contribution in [0, 0.1) is 5.82 Å². The fourth-order valence-electron chi connectivity index (χ4n) is 3.11. The molecule has 1 aliphatic heterocycles. The molecule has 0 aliphatic carbocycles. The van der Waals surface area contributed by atoms with Crippen molar-refractivity contribution >= 4 is 28.9 Å². The van der Waals surface area contributed by atoms with Crippen molar-refractivity contribution in [2.24, 2.45) is 5.10 Å². The highest BCUT2D eigenvalue weighted by Gasteiger charge is 2.37. The van der Waals surface area contributed by atoms with Crippen LogP contribution in [0.2, 0.25) is 5.02 Å². The molecule has 0 spiro atoms. The second kappa shape index (κ2) is 6.89. The number of nitrogens with two attached hydrogens (primary N) is 1. The van der Waals surface area contributed by atoms with Crippen LogP contribution in [-0.2, 0) is 0 Å². The van der Waals surface area contributed by atoms with Crippen LogP contribution in [0.5, 0.6) is 0 Å². The molecule has 1 aromatic heterocycles. The molecular weight excluding hydrogens is 369 g/mol. The molecule has 2 aromatic carbocycles. The molecule has 1 unspecified atom stereocenters. The first kappa shape index (κ1) is 17.3. The lowest BCUT2D eigenvalue weighted by Crippen LogP contribution is -2.27. The fourth-order valence-corrected chi connectivity index (χ4v) is 3.40. The van der Waals surface area contributed by atoms with E-state index in [1.165, 1.54) is 23.4 Å². The van der Waals surface area contributed by atoms with Gasteiger partial charge >= 0.3 is 5.91 Å². The molecule has 0 bridgehead atoms. The number of furan rings is 1. The molecule has 136 valence electrons. The lowest BCUT2D eigenvalue weighted by Gasteiger charge is -2.22. The molecule has 0 saturated heterocycles. The van der Waals surface area contributed by atoms with Crippen LogP contribution in [0.3, 0.4) is 0 Å². The minimum absolute atomic E-state index is 0.120. The van der Waals surface area contributed by atoms with Crippen molar-refractivity contribution in [1.82, 2.24) is 5.01 Å². The van der Waals surface area contributed by atoms with Gasteiger partial charge in [0.15, 0.2) is 5.76 Å². The third kappa shape index (κ3) is 3.19.